The van der Waals surface area contributed by atoms with Crippen LogP contribution in [0.4, 0.5) is 0 Å². The van der Waals surface area contributed by atoms with Crippen molar-refractivity contribution in [1.29, 1.82) is 0 Å². The molecule has 2 aromatic rings. The van der Waals surface area contributed by atoms with Crippen molar-refractivity contribution < 1.29 is 24.4 Å². The fraction of sp³-hybridized carbons (Fsp3) is 0.520. The van der Waals surface area contributed by atoms with E-state index in [4.69, 9.17) is 14.2 Å². The number of fused-ring (bicyclic) bond motifs is 2. The summed E-state index contributed by atoms with van der Waals surface area (Å²) >= 11 is 0. The van der Waals surface area contributed by atoms with Crippen molar-refractivity contribution in [3.05, 3.63) is 53.1 Å². The molecule has 2 N–H and O–H groups in total. The SMILES string of the molecule is COc1ccc2c(c1)[C@H](O)CC1(CCN(C[C@H](O)c3ccc4c(c3)C[C@H](C)O4)CC1)O2. The molecule has 6 heteroatoms. The molecule has 1 saturated heterocycles. The molecule has 5 rings (SSSR count). The number of piperidine rings is 1. The van der Waals surface area contributed by atoms with Gasteiger partial charge in [0, 0.05) is 38.0 Å². The van der Waals surface area contributed by atoms with Gasteiger partial charge in [0.05, 0.1) is 19.3 Å². The molecule has 3 aliphatic rings. The van der Waals surface area contributed by atoms with Crippen LogP contribution in [0.15, 0.2) is 36.4 Å². The maximum atomic E-state index is 10.8. The third-order valence-electron chi connectivity index (χ3n) is 6.97. The molecule has 3 aliphatic heterocycles. The second-order valence-electron chi connectivity index (χ2n) is 9.22. The van der Waals surface area contributed by atoms with Crippen molar-refractivity contribution in [3.63, 3.8) is 0 Å². The van der Waals surface area contributed by atoms with Crippen LogP contribution in [0.1, 0.15) is 55.1 Å². The Bertz CT molecular complexity index is 953. The van der Waals surface area contributed by atoms with E-state index in [9.17, 15) is 10.2 Å². The summed E-state index contributed by atoms with van der Waals surface area (Å²) in [5.41, 5.74) is 2.59. The number of aliphatic hydroxyl groups is 2. The molecular weight excluding hydrogens is 394 g/mol. The predicted octanol–water partition coefficient (Wildman–Crippen LogP) is 3.40. The number of hydrogen-bond acceptors (Lipinski definition) is 6. The zero-order chi connectivity index (χ0) is 21.6. The summed E-state index contributed by atoms with van der Waals surface area (Å²) in [5.74, 6) is 2.42. The van der Waals surface area contributed by atoms with Gasteiger partial charge in [0.1, 0.15) is 29.0 Å². The zero-order valence-electron chi connectivity index (χ0n) is 18.2. The van der Waals surface area contributed by atoms with Crippen LogP contribution in [-0.2, 0) is 6.42 Å². The van der Waals surface area contributed by atoms with Gasteiger partial charge in [0.25, 0.3) is 0 Å². The molecule has 31 heavy (non-hydrogen) atoms. The van der Waals surface area contributed by atoms with Crippen molar-refractivity contribution in [2.45, 2.75) is 56.5 Å². The Morgan fingerprint density at radius 1 is 1.16 bits per heavy atom. The van der Waals surface area contributed by atoms with Gasteiger partial charge in [-0.25, -0.2) is 0 Å². The number of likely N-dealkylation sites (tertiary alicyclic amines) is 1. The van der Waals surface area contributed by atoms with Crippen LogP contribution in [-0.4, -0.2) is 53.6 Å². The highest BCUT2D eigenvalue weighted by molar-refractivity contribution is 5.44. The lowest BCUT2D eigenvalue weighted by Gasteiger charge is -2.46. The number of aliphatic hydroxyl groups excluding tert-OH is 2. The summed E-state index contributed by atoms with van der Waals surface area (Å²) in [7, 11) is 1.63. The molecule has 1 spiro atoms. The van der Waals surface area contributed by atoms with Gasteiger partial charge in [0.2, 0.25) is 0 Å². The minimum Gasteiger partial charge on any atom is -0.497 e. The normalized spacial score (nSPS) is 25.3. The fourth-order valence-corrected chi connectivity index (χ4v) is 5.19. The van der Waals surface area contributed by atoms with E-state index in [1.54, 1.807) is 7.11 Å². The van der Waals surface area contributed by atoms with Gasteiger partial charge in [-0.15, -0.1) is 0 Å². The number of nitrogens with zero attached hydrogens (tertiary/aromatic N) is 1. The molecule has 0 aliphatic carbocycles. The number of hydrogen-bond donors (Lipinski definition) is 2. The number of β-amino-alcohol motifs (C(OH)–C–C–N with tert-alkyl or cyclic N) is 1. The lowest BCUT2D eigenvalue weighted by molar-refractivity contribution is -0.0588. The van der Waals surface area contributed by atoms with Crippen LogP contribution in [0.3, 0.4) is 0 Å². The molecule has 0 unspecified atom stereocenters. The van der Waals surface area contributed by atoms with E-state index in [2.05, 4.69) is 17.9 Å². The first kappa shape index (κ1) is 20.6. The molecule has 166 valence electrons. The van der Waals surface area contributed by atoms with Crippen molar-refractivity contribution in [2.75, 3.05) is 26.7 Å². The maximum absolute atomic E-state index is 10.8. The van der Waals surface area contributed by atoms with Crippen molar-refractivity contribution in [3.8, 4) is 17.2 Å². The standard InChI is InChI=1S/C25H31NO5/c1-16-11-18-12-17(3-5-23(18)30-16)22(28)15-26-9-7-25(8-10-26)14-21(27)20-13-19(29-2)4-6-24(20)31-25/h3-6,12-13,16,21-22,27-28H,7-11,14-15H2,1-2H3/t16-,21+,22-/m0/s1. The molecule has 0 amide bonds. The van der Waals surface area contributed by atoms with E-state index < -0.39 is 12.2 Å². The van der Waals surface area contributed by atoms with Crippen LogP contribution >= 0.6 is 0 Å². The van der Waals surface area contributed by atoms with E-state index >= 15 is 0 Å². The summed E-state index contributed by atoms with van der Waals surface area (Å²) in [6.07, 6.45) is 2.28. The average molecular weight is 426 g/mol. The third-order valence-corrected chi connectivity index (χ3v) is 6.97. The van der Waals surface area contributed by atoms with Crippen LogP contribution in [0.25, 0.3) is 0 Å². The summed E-state index contributed by atoms with van der Waals surface area (Å²) in [6, 6.07) is 11.7. The Morgan fingerprint density at radius 2 is 1.94 bits per heavy atom. The second-order valence-corrected chi connectivity index (χ2v) is 9.22. The molecule has 0 aromatic heterocycles. The van der Waals surface area contributed by atoms with Crippen molar-refractivity contribution in [1.82, 2.24) is 4.90 Å². The van der Waals surface area contributed by atoms with Gasteiger partial charge in [-0.3, -0.25) is 0 Å². The average Bonchev–Trinajstić information content (AvgIpc) is 3.14. The number of ether oxygens (including phenoxy) is 3. The smallest absolute Gasteiger partial charge is 0.126 e. The maximum Gasteiger partial charge on any atom is 0.126 e. The molecule has 3 atom stereocenters. The van der Waals surface area contributed by atoms with Gasteiger partial charge >= 0.3 is 0 Å². The minimum absolute atomic E-state index is 0.206. The first-order chi connectivity index (χ1) is 14.9. The summed E-state index contributed by atoms with van der Waals surface area (Å²) in [6.45, 7) is 4.33. The van der Waals surface area contributed by atoms with Crippen LogP contribution in [0, 0.1) is 0 Å². The summed E-state index contributed by atoms with van der Waals surface area (Å²) in [4.78, 5) is 2.29. The molecule has 6 nitrogen and oxygen atoms in total. The van der Waals surface area contributed by atoms with E-state index in [-0.39, 0.29) is 11.7 Å². The Hall–Kier alpha value is -2.28. The molecule has 3 heterocycles. The monoisotopic (exact) mass is 425 g/mol. The molecule has 0 saturated carbocycles. The molecule has 0 bridgehead atoms. The van der Waals surface area contributed by atoms with E-state index in [1.165, 1.54) is 5.56 Å². The Labute approximate surface area is 183 Å². The van der Waals surface area contributed by atoms with Gasteiger partial charge in [-0.05, 0) is 61.2 Å². The highest BCUT2D eigenvalue weighted by atomic mass is 16.5. The van der Waals surface area contributed by atoms with Crippen LogP contribution in [0.2, 0.25) is 0 Å². The molecule has 2 aromatic carbocycles. The van der Waals surface area contributed by atoms with Gasteiger partial charge in [-0.2, -0.15) is 0 Å². The Balaban J connectivity index is 1.21. The lowest BCUT2D eigenvalue weighted by Crippen LogP contribution is -2.51. The number of benzene rings is 2. The lowest BCUT2D eigenvalue weighted by atomic mass is 9.81. The van der Waals surface area contributed by atoms with Gasteiger partial charge in [0.15, 0.2) is 0 Å². The van der Waals surface area contributed by atoms with Gasteiger partial charge < -0.3 is 29.3 Å². The van der Waals surface area contributed by atoms with E-state index in [0.717, 1.165) is 60.7 Å². The highest BCUT2D eigenvalue weighted by Gasteiger charge is 2.43. The van der Waals surface area contributed by atoms with E-state index in [0.29, 0.717) is 13.0 Å². The summed E-state index contributed by atoms with van der Waals surface area (Å²) in [5, 5.41) is 21.6. The highest BCUT2D eigenvalue weighted by Crippen LogP contribution is 2.45. The largest absolute Gasteiger partial charge is 0.497 e. The van der Waals surface area contributed by atoms with Gasteiger partial charge in [-0.1, -0.05) is 6.07 Å². The van der Waals surface area contributed by atoms with Crippen LogP contribution < -0.4 is 14.2 Å². The fourth-order valence-electron chi connectivity index (χ4n) is 5.19. The Kier molecular flexibility index (Phi) is 5.32. The molecule has 1 fully saturated rings. The van der Waals surface area contributed by atoms with E-state index in [1.807, 2.05) is 30.3 Å². The van der Waals surface area contributed by atoms with Crippen LogP contribution in [0.5, 0.6) is 17.2 Å². The van der Waals surface area contributed by atoms with Crippen molar-refractivity contribution >= 4 is 0 Å². The molecule has 0 radical (unpaired) electrons. The zero-order valence-corrected chi connectivity index (χ0v) is 18.2. The molecular formula is C25H31NO5. The number of methoxy groups -OCH3 is 1. The predicted molar refractivity (Wildman–Crippen MR) is 117 cm³/mol. The van der Waals surface area contributed by atoms with Crippen molar-refractivity contribution in [2.24, 2.45) is 0 Å². The quantitative estimate of drug-likeness (QED) is 0.782. The second kappa shape index (κ2) is 8.01. The topological polar surface area (TPSA) is 71.4 Å². The first-order valence-electron chi connectivity index (χ1n) is 11.2. The third kappa shape index (κ3) is 4.00. The summed E-state index contributed by atoms with van der Waals surface area (Å²) < 4.78 is 17.5. The number of rotatable bonds is 4. The Morgan fingerprint density at radius 3 is 2.71 bits per heavy atom. The first-order valence-corrected chi connectivity index (χ1v) is 11.2. The minimum atomic E-state index is -0.549.